The number of benzene rings is 1. The molecule has 1 heterocycles. The van der Waals surface area contributed by atoms with Gasteiger partial charge in [-0.1, -0.05) is 0 Å². The smallest absolute Gasteiger partial charge is 0.406 e. The molecule has 1 saturated carbocycles. The predicted molar refractivity (Wildman–Crippen MR) is 73.6 cm³/mol. The molecule has 2 aliphatic rings. The van der Waals surface area contributed by atoms with E-state index in [1.807, 2.05) is 0 Å². The Morgan fingerprint density at radius 1 is 1.23 bits per heavy atom. The maximum Gasteiger partial charge on any atom is 0.573 e. The highest BCUT2D eigenvalue weighted by molar-refractivity contribution is 5.89. The lowest BCUT2D eigenvalue weighted by Gasteiger charge is -2.17. The number of carbonyl (C=O) groups is 1. The number of halogens is 3. The number of fused-ring (bicyclic) bond motifs is 2. The summed E-state index contributed by atoms with van der Waals surface area (Å²) in [5.41, 5.74) is 0.408. The lowest BCUT2D eigenvalue weighted by atomic mass is 10.1. The molecule has 1 unspecified atom stereocenters. The van der Waals surface area contributed by atoms with Crippen molar-refractivity contribution in [2.24, 2.45) is 5.92 Å². The van der Waals surface area contributed by atoms with Gasteiger partial charge in [-0.25, -0.2) is 4.79 Å². The molecule has 1 saturated heterocycles. The molecule has 120 valence electrons. The maximum absolute atomic E-state index is 12.1. The largest absolute Gasteiger partial charge is 0.573 e. The van der Waals surface area contributed by atoms with Crippen LogP contribution in [0.25, 0.3) is 0 Å². The molecule has 8 heteroatoms. The predicted octanol–water partition coefficient (Wildman–Crippen LogP) is 2.46. The van der Waals surface area contributed by atoms with Crippen molar-refractivity contribution in [2.75, 3.05) is 11.9 Å². The van der Waals surface area contributed by atoms with Crippen molar-refractivity contribution in [3.63, 3.8) is 0 Å². The highest BCUT2D eigenvalue weighted by atomic mass is 19.4. The summed E-state index contributed by atoms with van der Waals surface area (Å²) in [4.78, 5) is 11.9. The molecule has 0 aromatic heterocycles. The number of rotatable bonds is 3. The third-order valence-corrected chi connectivity index (χ3v) is 4.08. The van der Waals surface area contributed by atoms with Crippen LogP contribution < -0.4 is 20.7 Å². The number of carbonyl (C=O) groups excluding carboxylic acids is 1. The van der Waals surface area contributed by atoms with E-state index in [1.165, 1.54) is 12.1 Å². The Balaban J connectivity index is 1.53. The van der Waals surface area contributed by atoms with Gasteiger partial charge in [0.15, 0.2) is 0 Å². The number of piperidine rings is 1. The van der Waals surface area contributed by atoms with Gasteiger partial charge in [-0.2, -0.15) is 0 Å². The van der Waals surface area contributed by atoms with Crippen LogP contribution >= 0.6 is 0 Å². The molecule has 3 N–H and O–H groups in total. The molecule has 3 rings (SSSR count). The molecular formula is C14H16F3N3O2. The van der Waals surface area contributed by atoms with Crippen molar-refractivity contribution >= 4 is 11.7 Å². The summed E-state index contributed by atoms with van der Waals surface area (Å²) in [5, 5.41) is 8.87. The second-order valence-corrected chi connectivity index (χ2v) is 5.55. The number of urea groups is 1. The van der Waals surface area contributed by atoms with Gasteiger partial charge in [0.25, 0.3) is 0 Å². The number of hydrogen-bond acceptors (Lipinski definition) is 3. The second kappa shape index (κ2) is 5.68. The summed E-state index contributed by atoms with van der Waals surface area (Å²) < 4.78 is 39.9. The Morgan fingerprint density at radius 3 is 2.45 bits per heavy atom. The Labute approximate surface area is 125 Å². The summed E-state index contributed by atoms with van der Waals surface area (Å²) in [6.07, 6.45) is -2.56. The highest BCUT2D eigenvalue weighted by Gasteiger charge is 2.42. The van der Waals surface area contributed by atoms with E-state index in [0.717, 1.165) is 31.5 Å². The minimum Gasteiger partial charge on any atom is -0.406 e. The third kappa shape index (κ3) is 3.44. The van der Waals surface area contributed by atoms with Gasteiger partial charge in [-0.15, -0.1) is 13.2 Å². The Morgan fingerprint density at radius 2 is 1.95 bits per heavy atom. The van der Waals surface area contributed by atoms with E-state index in [-0.39, 0.29) is 17.8 Å². The topological polar surface area (TPSA) is 62.4 Å². The van der Waals surface area contributed by atoms with Gasteiger partial charge in [0.05, 0.1) is 0 Å². The summed E-state index contributed by atoms with van der Waals surface area (Å²) in [6, 6.07) is 5.12. The minimum atomic E-state index is -4.72. The molecule has 22 heavy (non-hydrogen) atoms. The average Bonchev–Trinajstić information content (AvgIpc) is 2.99. The van der Waals surface area contributed by atoms with Gasteiger partial charge >= 0.3 is 12.4 Å². The number of ether oxygens (including phenoxy) is 1. The molecule has 1 aliphatic heterocycles. The molecular weight excluding hydrogens is 299 g/mol. The van der Waals surface area contributed by atoms with Crippen molar-refractivity contribution in [3.8, 4) is 5.75 Å². The van der Waals surface area contributed by atoms with Gasteiger partial charge in [0.1, 0.15) is 5.75 Å². The van der Waals surface area contributed by atoms with Crippen molar-refractivity contribution in [1.29, 1.82) is 0 Å². The number of amides is 2. The van der Waals surface area contributed by atoms with Gasteiger partial charge in [0, 0.05) is 24.3 Å². The van der Waals surface area contributed by atoms with Gasteiger partial charge in [-0.3, -0.25) is 0 Å². The van der Waals surface area contributed by atoms with E-state index in [4.69, 9.17) is 0 Å². The van der Waals surface area contributed by atoms with Crippen LogP contribution in [0.15, 0.2) is 24.3 Å². The van der Waals surface area contributed by atoms with Gasteiger partial charge in [0.2, 0.25) is 0 Å². The Hall–Kier alpha value is -1.96. The zero-order valence-corrected chi connectivity index (χ0v) is 11.6. The van der Waals surface area contributed by atoms with Crippen LogP contribution in [0.5, 0.6) is 5.75 Å². The fourth-order valence-corrected chi connectivity index (χ4v) is 3.12. The van der Waals surface area contributed by atoms with E-state index >= 15 is 0 Å². The van der Waals surface area contributed by atoms with Crippen LogP contribution in [0.1, 0.15) is 12.8 Å². The molecule has 0 spiro atoms. The first-order chi connectivity index (χ1) is 10.4. The maximum atomic E-state index is 12.1. The van der Waals surface area contributed by atoms with Gasteiger partial charge in [-0.05, 0) is 43.0 Å². The number of nitrogens with one attached hydrogen (secondary N) is 3. The molecule has 5 nitrogen and oxygen atoms in total. The van der Waals surface area contributed by atoms with E-state index in [2.05, 4.69) is 20.7 Å². The zero-order valence-electron chi connectivity index (χ0n) is 11.6. The summed E-state index contributed by atoms with van der Waals surface area (Å²) in [6.45, 7) is 0.916. The lowest BCUT2D eigenvalue weighted by molar-refractivity contribution is -0.274. The van der Waals surface area contributed by atoms with Crippen LogP contribution in [-0.2, 0) is 0 Å². The highest BCUT2D eigenvalue weighted by Crippen LogP contribution is 2.31. The summed E-state index contributed by atoms with van der Waals surface area (Å²) in [7, 11) is 0. The number of hydrogen-bond donors (Lipinski definition) is 3. The van der Waals surface area contributed by atoms with Crippen LogP contribution in [0.4, 0.5) is 23.7 Å². The molecule has 2 amide bonds. The standard InChI is InChI=1S/C14H16F3N3O2/c15-14(16,17)22-10-4-2-9(3-5-10)19-13(21)20-12-8-1-6-11(12)18-7-8/h2-5,8,11-12,18H,1,6-7H2,(H2,19,20,21)/t8-,11-,12?/m1/s1. The molecule has 1 aromatic carbocycles. The minimum absolute atomic E-state index is 0.118. The monoisotopic (exact) mass is 315 g/mol. The fraction of sp³-hybridized carbons (Fsp3) is 0.500. The van der Waals surface area contributed by atoms with Crippen molar-refractivity contribution < 1.29 is 22.7 Å². The molecule has 1 aliphatic carbocycles. The first-order valence-electron chi connectivity index (χ1n) is 7.07. The van der Waals surface area contributed by atoms with E-state index in [9.17, 15) is 18.0 Å². The fourth-order valence-electron chi connectivity index (χ4n) is 3.12. The van der Waals surface area contributed by atoms with E-state index in [1.54, 1.807) is 0 Å². The molecule has 3 atom stereocenters. The molecule has 0 radical (unpaired) electrons. The lowest BCUT2D eigenvalue weighted by Crippen LogP contribution is -2.44. The first-order valence-corrected chi connectivity index (χ1v) is 7.07. The van der Waals surface area contributed by atoms with Crippen molar-refractivity contribution in [3.05, 3.63) is 24.3 Å². The Bertz CT molecular complexity index is 527. The second-order valence-electron chi connectivity index (χ2n) is 5.55. The Kier molecular flexibility index (Phi) is 3.86. The quantitative estimate of drug-likeness (QED) is 0.803. The summed E-state index contributed by atoms with van der Waals surface area (Å²) >= 11 is 0. The third-order valence-electron chi connectivity index (χ3n) is 4.08. The molecule has 2 bridgehead atoms. The number of alkyl halides is 3. The van der Waals surface area contributed by atoms with Crippen LogP contribution in [0, 0.1) is 5.92 Å². The van der Waals surface area contributed by atoms with Crippen molar-refractivity contribution in [2.45, 2.75) is 31.3 Å². The van der Waals surface area contributed by atoms with Crippen LogP contribution in [-0.4, -0.2) is 31.0 Å². The zero-order chi connectivity index (χ0) is 15.7. The van der Waals surface area contributed by atoms with E-state index < -0.39 is 6.36 Å². The van der Waals surface area contributed by atoms with Crippen LogP contribution in [0.3, 0.4) is 0 Å². The average molecular weight is 315 g/mol. The summed E-state index contributed by atoms with van der Waals surface area (Å²) in [5.74, 6) is 0.134. The van der Waals surface area contributed by atoms with Crippen molar-refractivity contribution in [1.82, 2.24) is 10.6 Å². The molecule has 1 aromatic rings. The van der Waals surface area contributed by atoms with E-state index in [0.29, 0.717) is 17.6 Å². The normalized spacial score (nSPS) is 26.8. The number of anilines is 1. The first kappa shape index (κ1) is 15.0. The SMILES string of the molecule is O=C(Nc1ccc(OC(F)(F)F)cc1)NC1[C@@H]2CC[C@H]1NC2. The molecule has 2 fully saturated rings. The van der Waals surface area contributed by atoms with Gasteiger partial charge < -0.3 is 20.7 Å². The van der Waals surface area contributed by atoms with Crippen LogP contribution in [0.2, 0.25) is 0 Å².